The lowest BCUT2D eigenvalue weighted by Crippen LogP contribution is -2.24. The zero-order valence-corrected chi connectivity index (χ0v) is 11.6. The Morgan fingerprint density at radius 1 is 1.35 bits per heavy atom. The third-order valence-corrected chi connectivity index (χ3v) is 3.99. The molecule has 0 saturated carbocycles. The molecule has 106 valence electrons. The van der Waals surface area contributed by atoms with E-state index in [0.717, 1.165) is 0 Å². The SMILES string of the molecule is Cc1nccc(CNS(=O)(=O)c2ccc(O)c(N)c2)n1. The van der Waals surface area contributed by atoms with Crippen LogP contribution in [0.3, 0.4) is 0 Å². The maximum atomic E-state index is 12.1. The number of phenolic OH excluding ortho intramolecular Hbond substituents is 1. The molecule has 1 aromatic heterocycles. The topological polar surface area (TPSA) is 118 Å². The van der Waals surface area contributed by atoms with Crippen molar-refractivity contribution >= 4 is 15.7 Å². The summed E-state index contributed by atoms with van der Waals surface area (Å²) in [4.78, 5) is 8.01. The first kappa shape index (κ1) is 14.2. The molecule has 0 aliphatic heterocycles. The molecule has 0 bridgehead atoms. The van der Waals surface area contributed by atoms with Crippen molar-refractivity contribution in [2.24, 2.45) is 0 Å². The standard InChI is InChI=1S/C12H14N4O3S/c1-8-14-5-4-9(16-8)7-15-20(18,19)10-2-3-12(17)11(13)6-10/h2-6,15,17H,7,13H2,1H3. The first-order valence-electron chi connectivity index (χ1n) is 5.75. The van der Waals surface area contributed by atoms with Crippen molar-refractivity contribution in [1.82, 2.24) is 14.7 Å². The largest absolute Gasteiger partial charge is 0.506 e. The average molecular weight is 294 g/mol. The van der Waals surface area contributed by atoms with Crippen LogP contribution in [-0.2, 0) is 16.6 Å². The molecule has 2 rings (SSSR count). The zero-order chi connectivity index (χ0) is 14.8. The van der Waals surface area contributed by atoms with Crippen molar-refractivity contribution in [1.29, 1.82) is 0 Å². The highest BCUT2D eigenvalue weighted by Gasteiger charge is 2.15. The van der Waals surface area contributed by atoms with Crippen molar-refractivity contribution in [3.05, 3.63) is 42.0 Å². The van der Waals surface area contributed by atoms with Gasteiger partial charge in [-0.25, -0.2) is 23.1 Å². The molecule has 0 aliphatic rings. The van der Waals surface area contributed by atoms with Gasteiger partial charge in [-0.05, 0) is 31.2 Å². The minimum absolute atomic E-state index is 0.00533. The van der Waals surface area contributed by atoms with Crippen LogP contribution in [0.1, 0.15) is 11.5 Å². The van der Waals surface area contributed by atoms with Gasteiger partial charge in [-0.2, -0.15) is 0 Å². The van der Waals surface area contributed by atoms with Gasteiger partial charge in [-0.3, -0.25) is 0 Å². The predicted molar refractivity (Wildman–Crippen MR) is 73.3 cm³/mol. The number of aromatic hydroxyl groups is 1. The summed E-state index contributed by atoms with van der Waals surface area (Å²) in [6.07, 6.45) is 1.56. The number of phenols is 1. The number of nitrogen functional groups attached to an aromatic ring is 1. The number of anilines is 1. The summed E-state index contributed by atoms with van der Waals surface area (Å²) in [6.45, 7) is 1.77. The Morgan fingerprint density at radius 2 is 2.10 bits per heavy atom. The number of nitrogens with zero attached hydrogens (tertiary/aromatic N) is 2. The van der Waals surface area contributed by atoms with Crippen LogP contribution in [0.5, 0.6) is 5.75 Å². The second-order valence-corrected chi connectivity index (χ2v) is 5.91. The summed E-state index contributed by atoms with van der Waals surface area (Å²) in [5.74, 6) is 0.408. The predicted octanol–water partition coefficient (Wildman–Crippen LogP) is 0.551. The molecule has 0 spiro atoms. The molecular formula is C12H14N4O3S. The highest BCUT2D eigenvalue weighted by atomic mass is 32.2. The lowest BCUT2D eigenvalue weighted by atomic mass is 10.3. The molecule has 1 aromatic carbocycles. The quantitative estimate of drug-likeness (QED) is 0.560. The summed E-state index contributed by atoms with van der Waals surface area (Å²) in [6, 6.07) is 5.33. The Hall–Kier alpha value is -2.19. The second kappa shape index (κ2) is 5.43. The molecule has 1 heterocycles. The molecule has 0 fully saturated rings. The lowest BCUT2D eigenvalue weighted by molar-refractivity contribution is 0.477. The van der Waals surface area contributed by atoms with E-state index in [4.69, 9.17) is 5.73 Å². The van der Waals surface area contributed by atoms with E-state index >= 15 is 0 Å². The van der Waals surface area contributed by atoms with Crippen molar-refractivity contribution in [3.63, 3.8) is 0 Å². The fourth-order valence-corrected chi connectivity index (χ4v) is 2.59. The van der Waals surface area contributed by atoms with Crippen LogP contribution in [-0.4, -0.2) is 23.5 Å². The number of nitrogens with two attached hydrogens (primary N) is 1. The third-order valence-electron chi connectivity index (χ3n) is 2.59. The first-order chi connectivity index (χ1) is 9.38. The fourth-order valence-electron chi connectivity index (χ4n) is 1.56. The molecule has 0 saturated heterocycles. The minimum atomic E-state index is -3.71. The summed E-state index contributed by atoms with van der Waals surface area (Å²) in [5, 5.41) is 9.29. The van der Waals surface area contributed by atoms with Crippen LogP contribution in [0.4, 0.5) is 5.69 Å². The van der Waals surface area contributed by atoms with Crippen LogP contribution in [0.2, 0.25) is 0 Å². The third kappa shape index (κ3) is 3.22. The van der Waals surface area contributed by atoms with Crippen molar-refractivity contribution < 1.29 is 13.5 Å². The normalized spacial score (nSPS) is 11.4. The van der Waals surface area contributed by atoms with Crippen LogP contribution in [0, 0.1) is 6.92 Å². The highest BCUT2D eigenvalue weighted by molar-refractivity contribution is 7.89. The molecule has 20 heavy (non-hydrogen) atoms. The van der Waals surface area contributed by atoms with Gasteiger partial charge < -0.3 is 10.8 Å². The number of nitrogens with one attached hydrogen (secondary N) is 1. The number of sulfonamides is 1. The number of hydrogen-bond acceptors (Lipinski definition) is 6. The molecule has 0 amide bonds. The van der Waals surface area contributed by atoms with Crippen LogP contribution >= 0.6 is 0 Å². The molecule has 0 radical (unpaired) electrons. The Bertz CT molecular complexity index is 731. The molecule has 7 nitrogen and oxygen atoms in total. The molecule has 4 N–H and O–H groups in total. The summed E-state index contributed by atoms with van der Waals surface area (Å²) in [5.41, 5.74) is 6.05. The zero-order valence-electron chi connectivity index (χ0n) is 10.7. The van der Waals surface area contributed by atoms with Crippen LogP contribution in [0.25, 0.3) is 0 Å². The Balaban J connectivity index is 2.17. The smallest absolute Gasteiger partial charge is 0.241 e. The lowest BCUT2D eigenvalue weighted by Gasteiger charge is -2.08. The van der Waals surface area contributed by atoms with E-state index < -0.39 is 10.0 Å². The van der Waals surface area contributed by atoms with Crippen molar-refractivity contribution in [3.8, 4) is 5.75 Å². The van der Waals surface area contributed by atoms with Gasteiger partial charge >= 0.3 is 0 Å². The van der Waals surface area contributed by atoms with E-state index in [1.165, 1.54) is 18.2 Å². The van der Waals surface area contributed by atoms with Gasteiger partial charge in [-0.1, -0.05) is 0 Å². The van der Waals surface area contributed by atoms with E-state index in [9.17, 15) is 13.5 Å². The minimum Gasteiger partial charge on any atom is -0.506 e. The number of benzene rings is 1. The van der Waals surface area contributed by atoms with Crippen LogP contribution in [0.15, 0.2) is 35.4 Å². The molecule has 0 unspecified atom stereocenters. The summed E-state index contributed by atoms with van der Waals surface area (Å²) < 4.78 is 26.5. The van der Waals surface area contributed by atoms with Crippen molar-refractivity contribution in [2.75, 3.05) is 5.73 Å². The molecular weight excluding hydrogens is 280 g/mol. The van der Waals surface area contributed by atoms with Gasteiger partial charge in [0, 0.05) is 6.20 Å². The fraction of sp³-hybridized carbons (Fsp3) is 0.167. The summed E-state index contributed by atoms with van der Waals surface area (Å²) in [7, 11) is -3.71. The highest BCUT2D eigenvalue weighted by Crippen LogP contribution is 2.23. The Kier molecular flexibility index (Phi) is 3.86. The average Bonchev–Trinajstić information content (AvgIpc) is 2.40. The van der Waals surface area contributed by atoms with Gasteiger partial charge in [0.2, 0.25) is 10.0 Å². The maximum absolute atomic E-state index is 12.1. The Morgan fingerprint density at radius 3 is 2.75 bits per heavy atom. The van der Waals surface area contributed by atoms with Gasteiger partial charge in [-0.15, -0.1) is 0 Å². The number of aryl methyl sites for hydroxylation is 1. The van der Waals surface area contributed by atoms with E-state index in [0.29, 0.717) is 11.5 Å². The Labute approximate surface area is 116 Å². The van der Waals surface area contributed by atoms with Gasteiger partial charge in [0.05, 0.1) is 22.8 Å². The number of rotatable bonds is 4. The second-order valence-electron chi connectivity index (χ2n) is 4.14. The summed E-state index contributed by atoms with van der Waals surface area (Å²) >= 11 is 0. The van der Waals surface area contributed by atoms with Crippen LogP contribution < -0.4 is 10.5 Å². The monoisotopic (exact) mass is 294 g/mol. The molecule has 0 atom stereocenters. The van der Waals surface area contributed by atoms with E-state index in [1.807, 2.05) is 0 Å². The van der Waals surface area contributed by atoms with Gasteiger partial charge in [0.1, 0.15) is 11.6 Å². The van der Waals surface area contributed by atoms with Gasteiger partial charge in [0.25, 0.3) is 0 Å². The molecule has 8 heteroatoms. The first-order valence-corrected chi connectivity index (χ1v) is 7.23. The number of aromatic nitrogens is 2. The molecule has 0 aliphatic carbocycles. The maximum Gasteiger partial charge on any atom is 0.241 e. The van der Waals surface area contributed by atoms with Crippen molar-refractivity contribution in [2.45, 2.75) is 18.4 Å². The van der Waals surface area contributed by atoms with E-state index in [-0.39, 0.29) is 22.9 Å². The molecule has 2 aromatic rings. The van der Waals surface area contributed by atoms with E-state index in [1.54, 1.807) is 19.2 Å². The van der Waals surface area contributed by atoms with Gasteiger partial charge in [0.15, 0.2) is 0 Å². The number of hydrogen-bond donors (Lipinski definition) is 3. The van der Waals surface area contributed by atoms with E-state index in [2.05, 4.69) is 14.7 Å².